The zero-order chi connectivity index (χ0) is 32.4. The molecule has 4 saturated carbocycles. The van der Waals surface area contributed by atoms with E-state index in [2.05, 4.69) is 85.0 Å². The van der Waals surface area contributed by atoms with E-state index in [1.54, 1.807) is 0 Å². The summed E-state index contributed by atoms with van der Waals surface area (Å²) in [6.07, 6.45) is 41.0. The van der Waals surface area contributed by atoms with Gasteiger partial charge in [0.1, 0.15) is 0 Å². The molecule has 0 radical (unpaired) electrons. The fraction of sp³-hybridized carbons (Fsp3) is 0.619. The van der Waals surface area contributed by atoms with Crippen molar-refractivity contribution >= 4 is 42.1 Å². The fourth-order valence-corrected chi connectivity index (χ4v) is 82.6. The van der Waals surface area contributed by atoms with E-state index >= 15 is 0 Å². The van der Waals surface area contributed by atoms with Crippen molar-refractivity contribution in [2.45, 2.75) is 151 Å². The molecular weight excluding hydrogens is 744 g/mol. The summed E-state index contributed by atoms with van der Waals surface area (Å²) in [6, 6.07) is 22.2. The van der Waals surface area contributed by atoms with Crippen LogP contribution in [0.25, 0.3) is 12.2 Å². The average Bonchev–Trinajstić information content (AvgIpc) is 3.14. The van der Waals surface area contributed by atoms with E-state index in [1.165, 1.54) is 152 Å². The Kier molecular flexibility index (Phi) is 14.1. The fourth-order valence-electron chi connectivity index (χ4n) is 10.5. The third-order valence-corrected chi connectivity index (χ3v) is 70.2. The van der Waals surface area contributed by atoms with Crippen LogP contribution in [-0.4, -0.2) is 35.0 Å². The third kappa shape index (κ3) is 8.24. The number of halogens is 2. The van der Waals surface area contributed by atoms with Crippen LogP contribution in [0.5, 0.6) is 0 Å². The normalized spacial score (nSPS) is 23.4. The van der Waals surface area contributed by atoms with Gasteiger partial charge in [-0.1, -0.05) is 0 Å². The zero-order valence-corrected chi connectivity index (χ0v) is 34.1. The molecule has 0 aliphatic heterocycles. The van der Waals surface area contributed by atoms with Crippen molar-refractivity contribution in [2.75, 3.05) is 12.3 Å². The van der Waals surface area contributed by atoms with Crippen LogP contribution in [0.1, 0.15) is 140 Å². The molecule has 266 valence electrons. The van der Waals surface area contributed by atoms with Gasteiger partial charge >= 0.3 is 302 Å². The molecule has 2 aromatic rings. The molecule has 4 fully saturated rings. The topological polar surface area (TPSA) is 0 Å². The van der Waals surface area contributed by atoms with Gasteiger partial charge in [-0.25, -0.2) is 0 Å². The predicted octanol–water partition coefficient (Wildman–Crippen LogP) is 14.5. The van der Waals surface area contributed by atoms with E-state index in [0.717, 1.165) is 22.6 Å². The van der Waals surface area contributed by atoms with Crippen LogP contribution in [0.15, 0.2) is 72.8 Å². The molecule has 0 aromatic heterocycles. The van der Waals surface area contributed by atoms with Gasteiger partial charge in [0, 0.05) is 0 Å². The standard InChI is InChI=1S/2C21H31P.2ClH.Pd/c2*1-4-11-19(12-5-1)13-10-18-22(20-14-6-2-7-15-20)21-16-8-3-9-17-21;;;/h2*1,4-5,10-13,20-21H,2-3,6-9,14-18H2;2*1H;/b2*13-10+;;;. The minimum absolute atomic E-state index is 0.823. The van der Waals surface area contributed by atoms with Crippen LogP contribution in [0.2, 0.25) is 0 Å². The molecule has 0 N–H and O–H groups in total. The number of hydrogen-bond donors (Lipinski definition) is 0. The van der Waals surface area contributed by atoms with Gasteiger partial charge in [0.25, 0.3) is 0 Å². The Bertz CT molecular complexity index is 1120. The molecular formula is C42H64Cl2P2Pd. The van der Waals surface area contributed by atoms with Gasteiger partial charge in [0.2, 0.25) is 0 Å². The average molecular weight is 808 g/mol. The first kappa shape index (κ1) is 36.8. The van der Waals surface area contributed by atoms with Crippen LogP contribution in [0.4, 0.5) is 0 Å². The first-order valence-corrected chi connectivity index (χ1v) is 32.6. The van der Waals surface area contributed by atoms with Crippen molar-refractivity contribution in [3.8, 4) is 0 Å². The first-order chi connectivity index (χ1) is 23.1. The second-order valence-corrected chi connectivity index (χ2v) is 50.7. The predicted molar refractivity (Wildman–Crippen MR) is 217 cm³/mol. The molecule has 0 bridgehead atoms. The summed E-state index contributed by atoms with van der Waals surface area (Å²) in [5.74, 6) is 0. The van der Waals surface area contributed by atoms with Crippen LogP contribution in [0, 0.1) is 0 Å². The summed E-state index contributed by atoms with van der Waals surface area (Å²) in [6.45, 7) is 0. The Morgan fingerprint density at radius 3 is 1.00 bits per heavy atom. The van der Waals surface area contributed by atoms with Gasteiger partial charge in [0.05, 0.1) is 0 Å². The number of rotatable bonds is 12. The van der Waals surface area contributed by atoms with Gasteiger partial charge in [-0.2, -0.15) is 0 Å². The van der Waals surface area contributed by atoms with Crippen molar-refractivity contribution in [3.63, 3.8) is 0 Å². The van der Waals surface area contributed by atoms with E-state index in [1.807, 2.05) is 0 Å². The van der Waals surface area contributed by atoms with E-state index in [-0.39, 0.29) is 0 Å². The van der Waals surface area contributed by atoms with Crippen LogP contribution < -0.4 is 0 Å². The van der Waals surface area contributed by atoms with Gasteiger partial charge in [-0.15, -0.1) is 0 Å². The van der Waals surface area contributed by atoms with Crippen molar-refractivity contribution < 1.29 is 12.5 Å². The first-order valence-electron chi connectivity index (χ1n) is 19.6. The maximum absolute atomic E-state index is 9.05. The van der Waals surface area contributed by atoms with Crippen LogP contribution in [0.3, 0.4) is 0 Å². The minimum atomic E-state index is -2.95. The monoisotopic (exact) mass is 806 g/mol. The second-order valence-electron chi connectivity index (χ2n) is 15.5. The van der Waals surface area contributed by atoms with Gasteiger partial charge in [-0.3, -0.25) is 0 Å². The molecule has 0 unspecified atom stereocenters. The molecule has 4 aliphatic carbocycles. The Morgan fingerprint density at radius 2 is 0.723 bits per heavy atom. The van der Waals surface area contributed by atoms with E-state index in [9.17, 15) is 0 Å². The summed E-state index contributed by atoms with van der Waals surface area (Å²) < 4.78 is 0. The third-order valence-electron chi connectivity index (χ3n) is 12.8. The Labute approximate surface area is 300 Å². The number of allylic oxidation sites excluding steroid dienone is 2. The molecule has 0 saturated heterocycles. The van der Waals surface area contributed by atoms with Gasteiger partial charge in [0.15, 0.2) is 0 Å². The van der Waals surface area contributed by atoms with Crippen molar-refractivity contribution in [1.82, 2.24) is 0 Å². The zero-order valence-electron chi connectivity index (χ0n) is 29.0. The van der Waals surface area contributed by atoms with Crippen molar-refractivity contribution in [1.29, 1.82) is 0 Å². The molecule has 4 aliphatic rings. The van der Waals surface area contributed by atoms with Crippen molar-refractivity contribution in [2.24, 2.45) is 0 Å². The molecule has 0 amide bonds. The van der Waals surface area contributed by atoms with E-state index in [4.69, 9.17) is 19.1 Å². The summed E-state index contributed by atoms with van der Waals surface area (Å²) >= 11 is -2.95. The second kappa shape index (κ2) is 18.0. The molecule has 47 heavy (non-hydrogen) atoms. The number of hydrogen-bond acceptors (Lipinski definition) is 0. The summed E-state index contributed by atoms with van der Waals surface area (Å²) in [7, 11) is 18.1. The Morgan fingerprint density at radius 1 is 0.447 bits per heavy atom. The quantitative estimate of drug-likeness (QED) is 0.148. The van der Waals surface area contributed by atoms with E-state index < -0.39 is 23.4 Å². The number of benzene rings is 2. The molecule has 5 heteroatoms. The van der Waals surface area contributed by atoms with Gasteiger partial charge < -0.3 is 0 Å². The Hall–Kier alpha value is 0.0223. The summed E-state index contributed by atoms with van der Waals surface area (Å²) in [5, 5.41) is 0. The molecule has 0 atom stereocenters. The Balaban J connectivity index is 1.53. The maximum atomic E-state index is 9.05. The summed E-state index contributed by atoms with van der Waals surface area (Å²) in [5.41, 5.74) is 1.60. The summed E-state index contributed by atoms with van der Waals surface area (Å²) in [4.78, 5) is 0. The molecule has 0 nitrogen and oxygen atoms in total. The van der Waals surface area contributed by atoms with Crippen molar-refractivity contribution in [3.05, 3.63) is 83.9 Å². The SMILES string of the molecule is [Cl][Pd]([Cl])([PH](C/C=C/c1ccccc1)(C1CCCCC1)C1CCCCC1)[PH](C/C=C/c1ccccc1)(C1CCCCC1)C1CCCCC1. The van der Waals surface area contributed by atoms with Crippen LogP contribution in [-0.2, 0) is 12.5 Å². The van der Waals surface area contributed by atoms with E-state index in [0.29, 0.717) is 0 Å². The molecule has 0 heterocycles. The molecule has 6 rings (SSSR count). The van der Waals surface area contributed by atoms with Gasteiger partial charge in [-0.05, 0) is 0 Å². The molecule has 2 aromatic carbocycles. The van der Waals surface area contributed by atoms with Crippen LogP contribution >= 0.6 is 30.0 Å². The molecule has 0 spiro atoms.